The highest BCUT2D eigenvalue weighted by atomic mass is 35.5. The molecule has 1 aliphatic heterocycles. The summed E-state index contributed by atoms with van der Waals surface area (Å²) in [6.45, 7) is 3.97. The first-order chi connectivity index (χ1) is 10.0. The van der Waals surface area contributed by atoms with Crippen molar-refractivity contribution in [2.45, 2.75) is 6.18 Å². The van der Waals surface area contributed by atoms with Crippen LogP contribution >= 0.6 is 11.6 Å². The van der Waals surface area contributed by atoms with Crippen LogP contribution in [0, 0.1) is 0 Å². The quantitative estimate of drug-likeness (QED) is 0.618. The molecule has 1 aromatic carbocycles. The molecule has 0 N–H and O–H groups in total. The predicted molar refractivity (Wildman–Crippen MR) is 80.0 cm³/mol. The van der Waals surface area contributed by atoms with Crippen molar-refractivity contribution in [2.75, 3.05) is 43.5 Å². The average molecular weight is 319 g/mol. The second-order valence-corrected chi connectivity index (χ2v) is 5.27. The number of nitrogens with zero attached hydrogens (tertiary/aromatic N) is 2. The number of halogens is 4. The van der Waals surface area contributed by atoms with E-state index in [0.29, 0.717) is 11.6 Å². The van der Waals surface area contributed by atoms with Crippen molar-refractivity contribution < 1.29 is 13.2 Å². The van der Waals surface area contributed by atoms with E-state index in [9.17, 15) is 13.2 Å². The second kappa shape index (κ2) is 7.18. The van der Waals surface area contributed by atoms with Crippen LogP contribution in [0.1, 0.15) is 5.56 Å². The van der Waals surface area contributed by atoms with Gasteiger partial charge in [-0.05, 0) is 18.2 Å². The lowest BCUT2D eigenvalue weighted by atomic mass is 10.1. The number of allylic oxidation sites excluding steroid dienone is 1. The lowest BCUT2D eigenvalue weighted by Crippen LogP contribution is -2.46. The van der Waals surface area contributed by atoms with Gasteiger partial charge in [-0.25, -0.2) is 0 Å². The summed E-state index contributed by atoms with van der Waals surface area (Å²) in [4.78, 5) is 4.25. The summed E-state index contributed by atoms with van der Waals surface area (Å²) in [5, 5.41) is 0. The minimum Gasteiger partial charge on any atom is -0.369 e. The van der Waals surface area contributed by atoms with E-state index in [2.05, 4.69) is 4.90 Å². The summed E-state index contributed by atoms with van der Waals surface area (Å²) in [6.07, 6.45) is -0.363. The van der Waals surface area contributed by atoms with Gasteiger partial charge in [-0.3, -0.25) is 4.90 Å². The lowest BCUT2D eigenvalue weighted by Gasteiger charge is -2.35. The van der Waals surface area contributed by atoms with Gasteiger partial charge < -0.3 is 4.90 Å². The van der Waals surface area contributed by atoms with E-state index in [1.165, 1.54) is 12.1 Å². The molecule has 1 aromatic rings. The number of anilines is 1. The van der Waals surface area contributed by atoms with Crippen molar-refractivity contribution in [3.8, 4) is 0 Å². The maximum Gasteiger partial charge on any atom is 0.416 e. The Kier molecular flexibility index (Phi) is 5.53. The first-order valence-electron chi connectivity index (χ1n) is 6.86. The van der Waals surface area contributed by atoms with Crippen LogP contribution in [0.4, 0.5) is 18.9 Å². The largest absolute Gasteiger partial charge is 0.416 e. The monoisotopic (exact) mass is 318 g/mol. The Bertz CT molecular complexity index is 480. The van der Waals surface area contributed by atoms with Crippen molar-refractivity contribution in [1.29, 1.82) is 0 Å². The van der Waals surface area contributed by atoms with Gasteiger partial charge >= 0.3 is 6.18 Å². The van der Waals surface area contributed by atoms with Crippen LogP contribution in [0.5, 0.6) is 0 Å². The molecule has 0 saturated carbocycles. The first-order valence-corrected chi connectivity index (χ1v) is 7.39. The summed E-state index contributed by atoms with van der Waals surface area (Å²) in [5.41, 5.74) is 0.0493. The SMILES string of the molecule is FC(F)(F)c1cccc(N2CCN(CC=CCCl)CC2)c1. The molecule has 0 amide bonds. The number of benzene rings is 1. The topological polar surface area (TPSA) is 6.48 Å². The van der Waals surface area contributed by atoms with Gasteiger partial charge in [-0.15, -0.1) is 11.6 Å². The smallest absolute Gasteiger partial charge is 0.369 e. The Hall–Kier alpha value is -1.20. The molecule has 0 aromatic heterocycles. The molecule has 1 fully saturated rings. The van der Waals surface area contributed by atoms with Crippen LogP contribution in [0.3, 0.4) is 0 Å². The molecule has 0 aliphatic carbocycles. The Morgan fingerprint density at radius 3 is 2.43 bits per heavy atom. The number of alkyl halides is 4. The van der Waals surface area contributed by atoms with Crippen LogP contribution in [-0.2, 0) is 6.18 Å². The molecule has 1 heterocycles. The minimum atomic E-state index is -4.29. The zero-order valence-electron chi connectivity index (χ0n) is 11.6. The summed E-state index contributed by atoms with van der Waals surface area (Å²) in [5.74, 6) is 0.504. The van der Waals surface area contributed by atoms with Crippen LogP contribution in [0.25, 0.3) is 0 Å². The van der Waals surface area contributed by atoms with E-state index >= 15 is 0 Å². The van der Waals surface area contributed by atoms with Gasteiger partial charge in [-0.1, -0.05) is 18.2 Å². The molecule has 0 spiro atoms. The van der Waals surface area contributed by atoms with Gasteiger partial charge in [0.1, 0.15) is 0 Å². The molecule has 116 valence electrons. The molecule has 1 saturated heterocycles. The highest BCUT2D eigenvalue weighted by molar-refractivity contribution is 6.18. The average Bonchev–Trinajstić information content (AvgIpc) is 2.47. The van der Waals surface area contributed by atoms with Crippen LogP contribution in [-0.4, -0.2) is 43.5 Å². The molecule has 0 radical (unpaired) electrons. The minimum absolute atomic E-state index is 0.504. The van der Waals surface area contributed by atoms with Gasteiger partial charge in [0, 0.05) is 44.3 Å². The van der Waals surface area contributed by atoms with Crippen LogP contribution in [0.2, 0.25) is 0 Å². The fourth-order valence-corrected chi connectivity index (χ4v) is 2.48. The Balaban J connectivity index is 1.95. The van der Waals surface area contributed by atoms with E-state index in [-0.39, 0.29) is 0 Å². The lowest BCUT2D eigenvalue weighted by molar-refractivity contribution is -0.137. The molecule has 0 bridgehead atoms. The van der Waals surface area contributed by atoms with E-state index in [0.717, 1.165) is 38.8 Å². The summed E-state index contributed by atoms with van der Waals surface area (Å²) in [7, 11) is 0. The van der Waals surface area contributed by atoms with E-state index in [4.69, 9.17) is 11.6 Å². The molecule has 2 rings (SSSR count). The van der Waals surface area contributed by atoms with Gasteiger partial charge in [0.2, 0.25) is 0 Å². The van der Waals surface area contributed by atoms with Gasteiger partial charge in [-0.2, -0.15) is 13.2 Å². The molecular weight excluding hydrogens is 301 g/mol. The third kappa shape index (κ3) is 4.64. The van der Waals surface area contributed by atoms with Gasteiger partial charge in [0.05, 0.1) is 5.56 Å². The number of hydrogen-bond acceptors (Lipinski definition) is 2. The van der Waals surface area contributed by atoms with Crippen molar-refractivity contribution in [1.82, 2.24) is 4.90 Å². The summed E-state index contributed by atoms with van der Waals surface area (Å²) < 4.78 is 38.2. The molecule has 2 nitrogen and oxygen atoms in total. The normalized spacial score (nSPS) is 17.6. The standard InChI is InChI=1S/C15H18ClF3N2/c16-6-1-2-7-20-8-10-21(11-9-20)14-5-3-4-13(12-14)15(17,18)19/h1-5,12H,6-11H2. The second-order valence-electron chi connectivity index (χ2n) is 4.96. The van der Waals surface area contributed by atoms with Crippen molar-refractivity contribution in [3.63, 3.8) is 0 Å². The molecule has 6 heteroatoms. The Morgan fingerprint density at radius 2 is 1.81 bits per heavy atom. The number of rotatable bonds is 4. The third-order valence-electron chi connectivity index (χ3n) is 3.53. The third-order valence-corrected chi connectivity index (χ3v) is 3.71. The van der Waals surface area contributed by atoms with E-state index < -0.39 is 11.7 Å². The molecule has 0 atom stereocenters. The maximum absolute atomic E-state index is 12.7. The van der Waals surface area contributed by atoms with E-state index in [1.807, 2.05) is 17.1 Å². The first kappa shape index (κ1) is 16.2. The van der Waals surface area contributed by atoms with Crippen molar-refractivity contribution in [3.05, 3.63) is 42.0 Å². The summed E-state index contributed by atoms with van der Waals surface area (Å²) >= 11 is 5.57. The fourth-order valence-electron chi connectivity index (χ4n) is 2.35. The van der Waals surface area contributed by atoms with Gasteiger partial charge in [0.25, 0.3) is 0 Å². The molecule has 1 aliphatic rings. The van der Waals surface area contributed by atoms with Crippen molar-refractivity contribution in [2.24, 2.45) is 0 Å². The number of hydrogen-bond donors (Lipinski definition) is 0. The maximum atomic E-state index is 12.7. The zero-order chi connectivity index (χ0) is 15.3. The Labute approximate surface area is 127 Å². The fraction of sp³-hybridized carbons (Fsp3) is 0.467. The van der Waals surface area contributed by atoms with Crippen LogP contribution in [0.15, 0.2) is 36.4 Å². The molecule has 21 heavy (non-hydrogen) atoms. The van der Waals surface area contributed by atoms with Gasteiger partial charge in [0.15, 0.2) is 0 Å². The Morgan fingerprint density at radius 1 is 1.10 bits per heavy atom. The number of piperazine rings is 1. The molecular formula is C15H18ClF3N2. The van der Waals surface area contributed by atoms with E-state index in [1.54, 1.807) is 6.07 Å². The highest BCUT2D eigenvalue weighted by Crippen LogP contribution is 2.31. The van der Waals surface area contributed by atoms with Crippen molar-refractivity contribution >= 4 is 17.3 Å². The zero-order valence-corrected chi connectivity index (χ0v) is 12.4. The summed E-state index contributed by atoms with van der Waals surface area (Å²) in [6, 6.07) is 5.53. The predicted octanol–water partition coefficient (Wildman–Crippen LogP) is 3.62. The van der Waals surface area contributed by atoms with Crippen LogP contribution < -0.4 is 4.90 Å². The molecule has 0 unspecified atom stereocenters. The highest BCUT2D eigenvalue weighted by Gasteiger charge is 2.31.